The third-order valence-electron chi connectivity index (χ3n) is 6.20. The zero-order valence-electron chi connectivity index (χ0n) is 18.3. The number of hydrogen-bond donors (Lipinski definition) is 2. The van der Waals surface area contributed by atoms with Gasteiger partial charge in [0, 0.05) is 18.4 Å². The summed E-state index contributed by atoms with van der Waals surface area (Å²) in [7, 11) is 1.43. The number of fused-ring (bicyclic) bond motifs is 1. The number of rotatable bonds is 10. The van der Waals surface area contributed by atoms with Crippen molar-refractivity contribution in [3.05, 3.63) is 53.6 Å². The predicted molar refractivity (Wildman–Crippen MR) is 124 cm³/mol. The van der Waals surface area contributed by atoms with E-state index in [0.29, 0.717) is 13.0 Å². The molecular weight excluding hydrogens is 412 g/mol. The minimum Gasteiger partial charge on any atom is -0.508 e. The molecule has 0 bridgehead atoms. The van der Waals surface area contributed by atoms with Crippen LogP contribution in [0.3, 0.4) is 0 Å². The van der Waals surface area contributed by atoms with Crippen molar-refractivity contribution in [3.8, 4) is 17.2 Å². The Labute approximate surface area is 188 Å². The SMILES string of the molecule is COC(=O)CCCCCCCC1c2ccc(O)cc2OCC1(SC)c1ccc(O)cc1. The van der Waals surface area contributed by atoms with Crippen molar-refractivity contribution < 1.29 is 24.5 Å². The second-order valence-electron chi connectivity index (χ2n) is 8.09. The van der Waals surface area contributed by atoms with Gasteiger partial charge in [-0.25, -0.2) is 0 Å². The van der Waals surface area contributed by atoms with Crippen molar-refractivity contribution in [3.63, 3.8) is 0 Å². The first-order valence-electron chi connectivity index (χ1n) is 10.9. The standard InChI is InChI=1S/C25H32O5S/c1-29-24(28)9-7-5-3-4-6-8-22-21-15-14-20(27)16-23(21)30-17-25(22,31-2)18-10-12-19(26)13-11-18/h10-16,22,26-27H,3-9,17H2,1-2H3. The van der Waals surface area contributed by atoms with Gasteiger partial charge >= 0.3 is 5.97 Å². The molecule has 1 aliphatic rings. The largest absolute Gasteiger partial charge is 0.508 e. The summed E-state index contributed by atoms with van der Waals surface area (Å²) in [4.78, 5) is 11.2. The molecule has 0 spiro atoms. The lowest BCUT2D eigenvalue weighted by Crippen LogP contribution is -2.40. The van der Waals surface area contributed by atoms with Gasteiger partial charge in [0.25, 0.3) is 0 Å². The van der Waals surface area contributed by atoms with Crippen LogP contribution in [0.4, 0.5) is 0 Å². The molecular formula is C25H32O5S. The van der Waals surface area contributed by atoms with Crippen LogP contribution in [0.15, 0.2) is 42.5 Å². The fraction of sp³-hybridized carbons (Fsp3) is 0.480. The van der Waals surface area contributed by atoms with Crippen molar-refractivity contribution in [1.82, 2.24) is 0 Å². The highest BCUT2D eigenvalue weighted by atomic mass is 32.2. The highest BCUT2D eigenvalue weighted by Gasteiger charge is 2.45. The lowest BCUT2D eigenvalue weighted by Gasteiger charge is -2.44. The molecule has 0 radical (unpaired) electrons. The van der Waals surface area contributed by atoms with Gasteiger partial charge in [-0.15, -0.1) is 11.8 Å². The van der Waals surface area contributed by atoms with Crippen LogP contribution in [-0.4, -0.2) is 36.2 Å². The highest BCUT2D eigenvalue weighted by Crippen LogP contribution is 2.54. The number of carbonyl (C=O) groups is 1. The zero-order valence-corrected chi connectivity index (χ0v) is 19.1. The summed E-state index contributed by atoms with van der Waals surface area (Å²) in [5.74, 6) is 1.31. The Kier molecular flexibility index (Phi) is 8.13. The lowest BCUT2D eigenvalue weighted by atomic mass is 9.76. The van der Waals surface area contributed by atoms with Crippen LogP contribution in [0.2, 0.25) is 0 Å². The molecule has 31 heavy (non-hydrogen) atoms. The van der Waals surface area contributed by atoms with Crippen LogP contribution in [0, 0.1) is 0 Å². The van der Waals surface area contributed by atoms with Crippen molar-refractivity contribution in [1.29, 1.82) is 0 Å². The molecule has 6 heteroatoms. The van der Waals surface area contributed by atoms with Gasteiger partial charge in [0.1, 0.15) is 23.9 Å². The Hall–Kier alpha value is -2.34. The molecule has 3 rings (SSSR count). The summed E-state index contributed by atoms with van der Waals surface area (Å²) < 4.78 is 10.6. The molecule has 0 aromatic heterocycles. The first kappa shape index (κ1) is 23.3. The molecule has 5 nitrogen and oxygen atoms in total. The van der Waals surface area contributed by atoms with Gasteiger partial charge in [0.15, 0.2) is 0 Å². The van der Waals surface area contributed by atoms with Crippen LogP contribution in [0.1, 0.15) is 62.0 Å². The number of esters is 1. The van der Waals surface area contributed by atoms with E-state index in [9.17, 15) is 15.0 Å². The average Bonchev–Trinajstić information content (AvgIpc) is 2.78. The van der Waals surface area contributed by atoms with Crippen molar-refractivity contribution in [2.45, 2.75) is 55.6 Å². The molecule has 1 aliphatic heterocycles. The van der Waals surface area contributed by atoms with E-state index in [1.807, 2.05) is 18.2 Å². The molecule has 168 valence electrons. The van der Waals surface area contributed by atoms with E-state index in [-0.39, 0.29) is 28.1 Å². The number of ether oxygens (including phenoxy) is 2. The number of unbranched alkanes of at least 4 members (excludes halogenated alkanes) is 4. The quantitative estimate of drug-likeness (QED) is 0.360. The fourth-order valence-electron chi connectivity index (χ4n) is 4.46. The maximum atomic E-state index is 11.2. The topological polar surface area (TPSA) is 76.0 Å². The van der Waals surface area contributed by atoms with E-state index in [0.717, 1.165) is 55.4 Å². The van der Waals surface area contributed by atoms with Crippen LogP contribution in [-0.2, 0) is 14.3 Å². The Morgan fingerprint density at radius 1 is 1.06 bits per heavy atom. The minimum atomic E-state index is -0.261. The summed E-state index contributed by atoms with van der Waals surface area (Å²) in [5, 5.41) is 19.7. The third-order valence-corrected chi connectivity index (χ3v) is 7.57. The highest BCUT2D eigenvalue weighted by molar-refractivity contribution is 7.99. The molecule has 0 amide bonds. The third kappa shape index (κ3) is 5.48. The van der Waals surface area contributed by atoms with Gasteiger partial charge in [-0.1, -0.05) is 43.9 Å². The maximum Gasteiger partial charge on any atom is 0.305 e. The lowest BCUT2D eigenvalue weighted by molar-refractivity contribution is -0.140. The Morgan fingerprint density at radius 2 is 1.74 bits per heavy atom. The molecule has 2 unspecified atom stereocenters. The zero-order chi connectivity index (χ0) is 22.3. The number of hydrogen-bond acceptors (Lipinski definition) is 6. The van der Waals surface area contributed by atoms with Crippen molar-refractivity contribution in [2.75, 3.05) is 20.0 Å². The molecule has 2 aromatic rings. The van der Waals surface area contributed by atoms with Gasteiger partial charge < -0.3 is 19.7 Å². The first-order chi connectivity index (χ1) is 15.0. The summed E-state index contributed by atoms with van der Waals surface area (Å²) in [5.41, 5.74) is 2.26. The Balaban J connectivity index is 1.74. The van der Waals surface area contributed by atoms with Crippen LogP contribution < -0.4 is 4.74 Å². The number of benzene rings is 2. The van der Waals surface area contributed by atoms with Gasteiger partial charge in [-0.05, 0) is 48.4 Å². The van der Waals surface area contributed by atoms with Gasteiger partial charge in [0.05, 0.1) is 11.9 Å². The van der Waals surface area contributed by atoms with Crippen molar-refractivity contribution >= 4 is 17.7 Å². The first-order valence-corrected chi connectivity index (χ1v) is 12.1. The van der Waals surface area contributed by atoms with Crippen LogP contribution in [0.5, 0.6) is 17.2 Å². The van der Waals surface area contributed by atoms with Gasteiger partial charge in [0.2, 0.25) is 0 Å². The van der Waals surface area contributed by atoms with Crippen molar-refractivity contribution in [2.24, 2.45) is 0 Å². The van der Waals surface area contributed by atoms with E-state index in [2.05, 4.69) is 6.26 Å². The molecule has 2 N–H and O–H groups in total. The smallest absolute Gasteiger partial charge is 0.305 e. The molecule has 2 aromatic carbocycles. The maximum absolute atomic E-state index is 11.2. The Morgan fingerprint density at radius 3 is 2.45 bits per heavy atom. The molecule has 2 atom stereocenters. The van der Waals surface area contributed by atoms with E-state index >= 15 is 0 Å². The summed E-state index contributed by atoms with van der Waals surface area (Å²) in [6.45, 7) is 0.513. The molecule has 0 saturated carbocycles. The van der Waals surface area contributed by atoms with Crippen LogP contribution in [0.25, 0.3) is 0 Å². The number of thioether (sulfide) groups is 1. The monoisotopic (exact) mass is 444 g/mol. The minimum absolute atomic E-state index is 0.138. The summed E-state index contributed by atoms with van der Waals surface area (Å²) in [6.07, 6.45) is 8.77. The number of aromatic hydroxyl groups is 2. The summed E-state index contributed by atoms with van der Waals surface area (Å²) in [6, 6.07) is 12.9. The van der Waals surface area contributed by atoms with E-state index in [1.54, 1.807) is 36.0 Å². The number of methoxy groups -OCH3 is 1. The fourth-order valence-corrected chi connectivity index (χ4v) is 5.54. The second kappa shape index (κ2) is 10.8. The molecule has 0 saturated heterocycles. The summed E-state index contributed by atoms with van der Waals surface area (Å²) >= 11 is 1.79. The average molecular weight is 445 g/mol. The van der Waals surface area contributed by atoms with E-state index < -0.39 is 0 Å². The number of phenolic OH excluding ortho intramolecular Hbond substituents is 2. The number of phenols is 2. The van der Waals surface area contributed by atoms with Gasteiger partial charge in [-0.2, -0.15) is 0 Å². The second-order valence-corrected chi connectivity index (χ2v) is 9.22. The molecule has 0 fully saturated rings. The predicted octanol–water partition coefficient (Wildman–Crippen LogP) is 5.74. The normalized spacial score (nSPS) is 20.0. The number of carbonyl (C=O) groups excluding carboxylic acids is 1. The molecule has 1 heterocycles. The van der Waals surface area contributed by atoms with E-state index in [4.69, 9.17) is 9.47 Å². The molecule has 0 aliphatic carbocycles. The van der Waals surface area contributed by atoms with Crippen LogP contribution >= 0.6 is 11.8 Å². The van der Waals surface area contributed by atoms with E-state index in [1.165, 1.54) is 7.11 Å². The van der Waals surface area contributed by atoms with Gasteiger partial charge in [-0.3, -0.25) is 4.79 Å². The Bertz CT molecular complexity index is 867.